The highest BCUT2D eigenvalue weighted by Crippen LogP contribution is 2.16. The fraction of sp³-hybridized carbons (Fsp3) is 0.538. The van der Waals surface area contributed by atoms with E-state index in [0.717, 1.165) is 17.0 Å². The van der Waals surface area contributed by atoms with Crippen molar-refractivity contribution in [3.63, 3.8) is 0 Å². The Hall–Kier alpha value is -1.67. The molecule has 0 atom stereocenters. The summed E-state index contributed by atoms with van der Waals surface area (Å²) in [6.07, 6.45) is 0. The zero-order valence-electron chi connectivity index (χ0n) is 13.0. The van der Waals surface area contributed by atoms with Gasteiger partial charge < -0.3 is 0 Å². The average Bonchev–Trinajstić information content (AvgIpc) is 2.85. The third kappa shape index (κ3) is 3.01. The number of rotatable bonds is 5. The van der Waals surface area contributed by atoms with Gasteiger partial charge in [0, 0.05) is 12.2 Å². The second-order valence-corrected chi connectivity index (χ2v) is 6.88. The third-order valence-corrected chi connectivity index (χ3v) is 5.41. The molecule has 0 saturated carbocycles. The molecule has 0 saturated heterocycles. The number of sulfonamides is 1. The largest absolute Gasteiger partial charge is 0.281 e. The van der Waals surface area contributed by atoms with Gasteiger partial charge >= 0.3 is 0 Å². The summed E-state index contributed by atoms with van der Waals surface area (Å²) in [6.45, 7) is 10.1. The molecule has 0 aliphatic heterocycles. The molecule has 0 unspecified atom stereocenters. The molecule has 0 aromatic carbocycles. The van der Waals surface area contributed by atoms with Crippen LogP contribution < -0.4 is 4.72 Å². The van der Waals surface area contributed by atoms with Gasteiger partial charge in [-0.3, -0.25) is 9.78 Å². The molecule has 7 nitrogen and oxygen atoms in total. The number of aryl methyl sites for hydroxylation is 3. The monoisotopic (exact) mass is 311 g/mol. The fourth-order valence-corrected chi connectivity index (χ4v) is 3.69. The molecule has 0 aliphatic rings. The first kappa shape index (κ1) is 15.7. The molecule has 2 heterocycles. The van der Waals surface area contributed by atoms with Gasteiger partial charge in [-0.25, -0.2) is 13.1 Å². The SMILES string of the molecule is Cc1nn(CCNS(=O)(=O)c2c(C)n[nH]c2C)c(C)c1C. The molecule has 0 fully saturated rings. The molecule has 21 heavy (non-hydrogen) atoms. The third-order valence-electron chi connectivity index (χ3n) is 3.69. The summed E-state index contributed by atoms with van der Waals surface area (Å²) in [5, 5.41) is 11.0. The van der Waals surface area contributed by atoms with Crippen LogP contribution >= 0.6 is 0 Å². The summed E-state index contributed by atoms with van der Waals surface area (Å²) in [5.41, 5.74) is 4.18. The number of nitrogens with zero attached hydrogens (tertiary/aromatic N) is 3. The summed E-state index contributed by atoms with van der Waals surface area (Å²) < 4.78 is 29.0. The van der Waals surface area contributed by atoms with Crippen molar-refractivity contribution in [2.45, 2.75) is 46.1 Å². The molecule has 8 heteroatoms. The molecular formula is C13H21N5O2S. The molecule has 2 rings (SSSR count). The predicted molar refractivity (Wildman–Crippen MR) is 79.7 cm³/mol. The van der Waals surface area contributed by atoms with Gasteiger partial charge in [-0.15, -0.1) is 0 Å². The number of hydrogen-bond donors (Lipinski definition) is 2. The van der Waals surface area contributed by atoms with E-state index in [9.17, 15) is 8.42 Å². The van der Waals surface area contributed by atoms with Crippen molar-refractivity contribution in [3.8, 4) is 0 Å². The van der Waals surface area contributed by atoms with Crippen LogP contribution in [0.25, 0.3) is 0 Å². The second-order valence-electron chi connectivity index (χ2n) is 5.18. The Kier molecular flexibility index (Phi) is 4.20. The number of aromatic amines is 1. The first-order valence-corrected chi connectivity index (χ1v) is 8.24. The van der Waals surface area contributed by atoms with E-state index in [1.807, 2.05) is 25.5 Å². The van der Waals surface area contributed by atoms with Crippen molar-refractivity contribution < 1.29 is 8.42 Å². The van der Waals surface area contributed by atoms with E-state index in [0.29, 0.717) is 17.9 Å². The number of aromatic nitrogens is 4. The maximum Gasteiger partial charge on any atom is 0.244 e. The Balaban J connectivity index is 2.08. The van der Waals surface area contributed by atoms with Crippen LogP contribution in [-0.4, -0.2) is 34.9 Å². The van der Waals surface area contributed by atoms with E-state index in [1.165, 1.54) is 0 Å². The lowest BCUT2D eigenvalue weighted by Crippen LogP contribution is -2.28. The highest BCUT2D eigenvalue weighted by Gasteiger charge is 2.21. The van der Waals surface area contributed by atoms with E-state index in [4.69, 9.17) is 0 Å². The van der Waals surface area contributed by atoms with Crippen molar-refractivity contribution in [1.29, 1.82) is 0 Å². The van der Waals surface area contributed by atoms with Crippen LogP contribution in [0.1, 0.15) is 28.3 Å². The minimum Gasteiger partial charge on any atom is -0.281 e. The van der Waals surface area contributed by atoms with Gasteiger partial charge in [0.2, 0.25) is 10.0 Å². The molecule has 2 N–H and O–H groups in total. The van der Waals surface area contributed by atoms with Crippen LogP contribution in [0.2, 0.25) is 0 Å². The van der Waals surface area contributed by atoms with E-state index >= 15 is 0 Å². The zero-order chi connectivity index (χ0) is 15.8. The quantitative estimate of drug-likeness (QED) is 0.865. The molecule has 0 bridgehead atoms. The first-order chi connectivity index (χ1) is 9.74. The Morgan fingerprint density at radius 3 is 2.29 bits per heavy atom. The molecule has 0 radical (unpaired) electrons. The summed E-state index contributed by atoms with van der Waals surface area (Å²) >= 11 is 0. The van der Waals surface area contributed by atoms with Crippen molar-refractivity contribution >= 4 is 10.0 Å². The Morgan fingerprint density at radius 1 is 1.14 bits per heavy atom. The second kappa shape index (κ2) is 5.61. The summed E-state index contributed by atoms with van der Waals surface area (Å²) in [6, 6.07) is 0. The van der Waals surface area contributed by atoms with Crippen LogP contribution in [0.4, 0.5) is 0 Å². The van der Waals surface area contributed by atoms with E-state index in [-0.39, 0.29) is 11.4 Å². The summed E-state index contributed by atoms with van der Waals surface area (Å²) in [4.78, 5) is 0.229. The van der Waals surface area contributed by atoms with Gasteiger partial charge in [-0.2, -0.15) is 10.2 Å². The van der Waals surface area contributed by atoms with Gasteiger partial charge in [-0.05, 0) is 40.2 Å². The zero-order valence-corrected chi connectivity index (χ0v) is 13.8. The van der Waals surface area contributed by atoms with Crippen LogP contribution in [0.3, 0.4) is 0 Å². The summed E-state index contributed by atoms with van der Waals surface area (Å²) in [7, 11) is -3.55. The lowest BCUT2D eigenvalue weighted by atomic mass is 10.2. The van der Waals surface area contributed by atoms with Crippen molar-refractivity contribution in [2.24, 2.45) is 0 Å². The first-order valence-electron chi connectivity index (χ1n) is 6.76. The molecule has 116 valence electrons. The maximum absolute atomic E-state index is 12.3. The van der Waals surface area contributed by atoms with Crippen molar-refractivity contribution in [1.82, 2.24) is 24.7 Å². The smallest absolute Gasteiger partial charge is 0.244 e. The lowest BCUT2D eigenvalue weighted by molar-refractivity contribution is 0.553. The van der Waals surface area contributed by atoms with Gasteiger partial charge in [0.25, 0.3) is 0 Å². The lowest BCUT2D eigenvalue weighted by Gasteiger charge is -2.08. The highest BCUT2D eigenvalue weighted by atomic mass is 32.2. The standard InChI is InChI=1S/C13H21N5O2S/c1-8-9(2)17-18(12(8)5)7-6-14-21(19,20)13-10(3)15-16-11(13)4/h14H,6-7H2,1-5H3,(H,15,16). The van der Waals surface area contributed by atoms with Crippen molar-refractivity contribution in [3.05, 3.63) is 28.3 Å². The van der Waals surface area contributed by atoms with E-state index in [2.05, 4.69) is 20.0 Å². The van der Waals surface area contributed by atoms with Gasteiger partial charge in [-0.1, -0.05) is 0 Å². The Bertz CT molecular complexity index is 738. The predicted octanol–water partition coefficient (Wildman–Crippen LogP) is 1.13. The van der Waals surface area contributed by atoms with Crippen LogP contribution in [0.15, 0.2) is 4.90 Å². The number of hydrogen-bond acceptors (Lipinski definition) is 4. The Morgan fingerprint density at radius 2 is 1.81 bits per heavy atom. The minimum atomic E-state index is -3.55. The van der Waals surface area contributed by atoms with Crippen molar-refractivity contribution in [2.75, 3.05) is 6.54 Å². The molecular weight excluding hydrogens is 290 g/mol. The topological polar surface area (TPSA) is 92.7 Å². The molecule has 2 aromatic rings. The fourth-order valence-electron chi connectivity index (χ4n) is 2.30. The molecule has 2 aromatic heterocycles. The van der Waals surface area contributed by atoms with Crippen LogP contribution in [0, 0.1) is 34.6 Å². The van der Waals surface area contributed by atoms with E-state index < -0.39 is 10.0 Å². The minimum absolute atomic E-state index is 0.229. The van der Waals surface area contributed by atoms with Gasteiger partial charge in [0.15, 0.2) is 0 Å². The van der Waals surface area contributed by atoms with Crippen LogP contribution in [-0.2, 0) is 16.6 Å². The Labute approximate surface area is 124 Å². The van der Waals surface area contributed by atoms with Gasteiger partial charge in [0.1, 0.15) is 4.90 Å². The van der Waals surface area contributed by atoms with Gasteiger partial charge in [0.05, 0.1) is 23.6 Å². The number of nitrogens with one attached hydrogen (secondary N) is 2. The van der Waals surface area contributed by atoms with E-state index in [1.54, 1.807) is 13.8 Å². The molecule has 0 spiro atoms. The summed E-state index contributed by atoms with van der Waals surface area (Å²) in [5.74, 6) is 0. The van der Waals surface area contributed by atoms with Crippen LogP contribution in [0.5, 0.6) is 0 Å². The number of H-pyrrole nitrogens is 1. The highest BCUT2D eigenvalue weighted by molar-refractivity contribution is 7.89. The molecule has 0 aliphatic carbocycles. The molecule has 0 amide bonds. The normalized spacial score (nSPS) is 12.0. The average molecular weight is 311 g/mol. The maximum atomic E-state index is 12.3.